The first kappa shape index (κ1) is 22.3. The number of halogens is 2. The van der Waals surface area contributed by atoms with Gasteiger partial charge in [-0.1, -0.05) is 0 Å². The van der Waals surface area contributed by atoms with Crippen LogP contribution >= 0.6 is 0 Å². The molecule has 2 atom stereocenters. The number of hydrogen-bond donors (Lipinski definition) is 0. The minimum atomic E-state index is -1.73. The normalized spacial score (nSPS) is 24.6. The van der Waals surface area contributed by atoms with Gasteiger partial charge in [-0.05, 0) is 0 Å². The summed E-state index contributed by atoms with van der Waals surface area (Å²) in [5.41, 5.74) is 7.90. The molecule has 1 spiro atoms. The molecule has 3 aliphatic rings. The van der Waals surface area contributed by atoms with Crippen LogP contribution in [0.25, 0.3) is 12.2 Å². The van der Waals surface area contributed by atoms with Crippen molar-refractivity contribution in [3.63, 3.8) is 0 Å². The average Bonchev–Trinajstić information content (AvgIpc) is 3.25. The van der Waals surface area contributed by atoms with E-state index in [-0.39, 0.29) is 24.8 Å². The third kappa shape index (κ3) is 2.57. The molecule has 0 nitrogen and oxygen atoms in total. The van der Waals surface area contributed by atoms with Crippen LogP contribution in [0.2, 0.25) is 11.1 Å². The Bertz CT molecular complexity index is 955. The van der Waals surface area contributed by atoms with Gasteiger partial charge in [0.25, 0.3) is 0 Å². The van der Waals surface area contributed by atoms with Crippen LogP contribution in [0.5, 0.6) is 0 Å². The van der Waals surface area contributed by atoms with Crippen LogP contribution in [0.1, 0.15) is 53.6 Å². The Hall–Kier alpha value is -0.400. The van der Waals surface area contributed by atoms with Crippen LogP contribution < -0.4 is 24.8 Å². The maximum Gasteiger partial charge on any atom is -1.00 e. The second kappa shape index (κ2) is 7.69. The Labute approximate surface area is 194 Å². The Morgan fingerprint density at radius 2 is 1.46 bits per heavy atom. The predicted molar refractivity (Wildman–Crippen MR) is 110 cm³/mol. The van der Waals surface area contributed by atoms with E-state index in [1.165, 1.54) is 11.1 Å². The SMILES string of the molecule is CC(C)[Si]1(C(C)C)C2=Cc3ccccc3[CH]2[Zr+2][C]12C=Cc1ccccc12.[Cl-].[Cl-]. The standard InChI is InChI=1S/C24H26Si.2ClH.Zr/c1-17(2)25(18(3)4,22-15-20-10-5-6-11-21(20)16-22)24-14-13-19-9-7-8-12-23(19)24;;;/h5-18H,1-4H3;2*1H;/q;;;+2/p-2. The van der Waals surface area contributed by atoms with Crippen LogP contribution in [0.3, 0.4) is 0 Å². The molecule has 0 bridgehead atoms. The van der Waals surface area contributed by atoms with Gasteiger partial charge in [0, 0.05) is 0 Å². The van der Waals surface area contributed by atoms with E-state index in [9.17, 15) is 0 Å². The maximum atomic E-state index is 2.71. The van der Waals surface area contributed by atoms with E-state index in [0.717, 1.165) is 14.7 Å². The monoisotopic (exact) mass is 502 g/mol. The molecule has 5 rings (SSSR count). The van der Waals surface area contributed by atoms with Crippen molar-refractivity contribution in [2.24, 2.45) is 0 Å². The Kier molecular flexibility index (Phi) is 6.12. The van der Waals surface area contributed by atoms with Crippen LogP contribution in [-0.4, -0.2) is 8.07 Å². The molecule has 2 aromatic rings. The van der Waals surface area contributed by atoms with Gasteiger partial charge in [0.15, 0.2) is 0 Å². The first-order valence-corrected chi connectivity index (χ1v) is 14.7. The first-order valence-electron chi connectivity index (χ1n) is 9.90. The van der Waals surface area contributed by atoms with Gasteiger partial charge in [-0.25, -0.2) is 0 Å². The Morgan fingerprint density at radius 1 is 0.857 bits per heavy atom. The molecule has 0 radical (unpaired) electrons. The molecule has 0 amide bonds. The maximum absolute atomic E-state index is 2.71. The fourth-order valence-electron chi connectivity index (χ4n) is 6.45. The van der Waals surface area contributed by atoms with E-state index in [4.69, 9.17) is 0 Å². The van der Waals surface area contributed by atoms with Gasteiger partial charge >= 0.3 is 171 Å². The molecule has 0 N–H and O–H groups in total. The van der Waals surface area contributed by atoms with E-state index in [0.29, 0.717) is 2.75 Å². The van der Waals surface area contributed by atoms with Crippen LogP contribution in [0.4, 0.5) is 0 Å². The van der Waals surface area contributed by atoms with Gasteiger partial charge in [0.2, 0.25) is 0 Å². The fraction of sp³-hybridized carbons (Fsp3) is 0.333. The predicted octanol–water partition coefficient (Wildman–Crippen LogP) is 0.498. The molecular weight excluding hydrogens is 478 g/mol. The summed E-state index contributed by atoms with van der Waals surface area (Å²) in [5, 5.41) is 1.90. The van der Waals surface area contributed by atoms with E-state index in [1.807, 2.05) is 5.20 Å². The largest absolute Gasteiger partial charge is 1.00 e. The summed E-state index contributed by atoms with van der Waals surface area (Å²) in [5.74, 6) is 0. The summed E-state index contributed by atoms with van der Waals surface area (Å²) >= 11 is -0.723. The van der Waals surface area contributed by atoms with Gasteiger partial charge in [0.05, 0.1) is 0 Å². The topological polar surface area (TPSA) is 0 Å². The van der Waals surface area contributed by atoms with E-state index in [2.05, 4.69) is 94.5 Å². The molecule has 144 valence electrons. The molecule has 28 heavy (non-hydrogen) atoms. The van der Waals surface area contributed by atoms with Gasteiger partial charge in [-0.3, -0.25) is 0 Å². The molecular formula is C24H26Cl2SiZr. The second-order valence-electron chi connectivity index (χ2n) is 8.71. The number of fused-ring (bicyclic) bond motifs is 5. The van der Waals surface area contributed by atoms with Gasteiger partial charge in [-0.2, -0.15) is 0 Å². The molecule has 1 saturated heterocycles. The molecule has 0 aromatic heterocycles. The molecule has 2 unspecified atom stereocenters. The quantitative estimate of drug-likeness (QED) is 0.523. The van der Waals surface area contributed by atoms with E-state index >= 15 is 0 Å². The van der Waals surface area contributed by atoms with Crippen molar-refractivity contribution in [3.05, 3.63) is 82.1 Å². The zero-order valence-corrected chi connectivity index (χ0v) is 21.8. The summed E-state index contributed by atoms with van der Waals surface area (Å²) in [6.07, 6.45) is 7.82. The van der Waals surface area contributed by atoms with Gasteiger partial charge in [-0.15, -0.1) is 0 Å². The first-order chi connectivity index (χ1) is 12.5. The molecule has 4 heteroatoms. The minimum absolute atomic E-state index is 0. The third-order valence-corrected chi connectivity index (χ3v) is 23.0. The summed E-state index contributed by atoms with van der Waals surface area (Å²) < 4.78 is 1.22. The molecule has 1 heterocycles. The summed E-state index contributed by atoms with van der Waals surface area (Å²) in [7, 11) is -1.73. The zero-order valence-electron chi connectivity index (χ0n) is 16.8. The van der Waals surface area contributed by atoms with Crippen molar-refractivity contribution in [3.8, 4) is 0 Å². The van der Waals surface area contributed by atoms with Crippen LogP contribution in [-0.2, 0) is 26.0 Å². The zero-order chi connectivity index (χ0) is 18.1. The number of rotatable bonds is 2. The summed E-state index contributed by atoms with van der Waals surface area (Å²) in [4.78, 5) is 0. The van der Waals surface area contributed by atoms with Crippen molar-refractivity contribution in [1.29, 1.82) is 0 Å². The van der Waals surface area contributed by atoms with Crippen molar-refractivity contribution < 1.29 is 48.0 Å². The van der Waals surface area contributed by atoms with Crippen LogP contribution in [0, 0.1) is 0 Å². The van der Waals surface area contributed by atoms with Crippen molar-refractivity contribution >= 4 is 20.2 Å². The Morgan fingerprint density at radius 3 is 2.14 bits per heavy atom. The summed E-state index contributed by atoms with van der Waals surface area (Å²) in [6.45, 7) is 10.1. The average molecular weight is 505 g/mol. The molecule has 2 aromatic carbocycles. The number of allylic oxidation sites excluding steroid dienone is 2. The molecule has 1 aliphatic heterocycles. The van der Waals surface area contributed by atoms with Crippen molar-refractivity contribution in [1.82, 2.24) is 0 Å². The van der Waals surface area contributed by atoms with E-state index < -0.39 is 31.3 Å². The third-order valence-electron chi connectivity index (χ3n) is 7.15. The van der Waals surface area contributed by atoms with Gasteiger partial charge < -0.3 is 24.8 Å². The number of benzene rings is 2. The van der Waals surface area contributed by atoms with Crippen molar-refractivity contribution in [2.75, 3.05) is 0 Å². The summed E-state index contributed by atoms with van der Waals surface area (Å²) in [6, 6.07) is 18.6. The molecule has 0 saturated carbocycles. The smallest absolute Gasteiger partial charge is 1.00 e. The van der Waals surface area contributed by atoms with Crippen molar-refractivity contribution in [2.45, 2.75) is 45.1 Å². The molecule has 2 aliphatic carbocycles. The minimum Gasteiger partial charge on any atom is -1.00 e. The van der Waals surface area contributed by atoms with E-state index in [1.54, 1.807) is 11.1 Å². The van der Waals surface area contributed by atoms with Gasteiger partial charge in [0.1, 0.15) is 0 Å². The second-order valence-corrected chi connectivity index (χ2v) is 19.4. The molecule has 1 fully saturated rings. The Balaban J connectivity index is 0.00000112. The fourth-order valence-corrected chi connectivity index (χ4v) is 27.9. The van der Waals surface area contributed by atoms with Crippen LogP contribution in [0.15, 0.2) is 59.8 Å². The number of hydrogen-bond acceptors (Lipinski definition) is 0.